The fourth-order valence-corrected chi connectivity index (χ4v) is 3.33. The molecule has 0 amide bonds. The average Bonchev–Trinajstić information content (AvgIpc) is 2.68. The maximum absolute atomic E-state index is 10.8. The maximum Gasteiger partial charge on any atom is 0.269 e. The first-order chi connectivity index (χ1) is 12.6. The maximum atomic E-state index is 10.8. The molecule has 3 rings (SSSR count). The second kappa shape index (κ2) is 8.05. The highest BCUT2D eigenvalue weighted by atomic mass is 16.6. The number of hydrogen-bond donors (Lipinski definition) is 1. The van der Waals surface area contributed by atoms with Gasteiger partial charge in [-0.05, 0) is 30.3 Å². The van der Waals surface area contributed by atoms with Gasteiger partial charge in [0.25, 0.3) is 5.69 Å². The Hall–Kier alpha value is -2.80. The van der Waals surface area contributed by atoms with Gasteiger partial charge in [0.2, 0.25) is 0 Å². The summed E-state index contributed by atoms with van der Waals surface area (Å²) in [7, 11) is 3.36. The van der Waals surface area contributed by atoms with Crippen LogP contribution in [0.15, 0.2) is 42.5 Å². The molecule has 0 saturated carbocycles. The molecule has 1 aliphatic heterocycles. The molecular formula is C19H24N3O4+. The number of anilines is 1. The number of ether oxygens (including phenoxy) is 2. The largest absolute Gasteiger partial charge is 0.497 e. The first-order valence-electron chi connectivity index (χ1n) is 8.64. The van der Waals surface area contributed by atoms with E-state index in [9.17, 15) is 10.1 Å². The van der Waals surface area contributed by atoms with Gasteiger partial charge in [-0.1, -0.05) is 0 Å². The highest BCUT2D eigenvalue weighted by Crippen LogP contribution is 2.23. The molecule has 0 bridgehead atoms. The van der Waals surface area contributed by atoms with E-state index in [1.807, 2.05) is 30.3 Å². The Morgan fingerprint density at radius 2 is 1.77 bits per heavy atom. The first-order valence-corrected chi connectivity index (χ1v) is 8.64. The normalized spacial score (nSPS) is 14.9. The molecule has 0 unspecified atom stereocenters. The summed E-state index contributed by atoms with van der Waals surface area (Å²) < 4.78 is 10.8. The highest BCUT2D eigenvalue weighted by Gasteiger charge is 2.22. The summed E-state index contributed by atoms with van der Waals surface area (Å²) in [6.45, 7) is 4.71. The molecule has 1 saturated heterocycles. The minimum atomic E-state index is -0.368. The zero-order valence-electron chi connectivity index (χ0n) is 15.1. The van der Waals surface area contributed by atoms with E-state index >= 15 is 0 Å². The van der Waals surface area contributed by atoms with E-state index in [4.69, 9.17) is 9.47 Å². The number of nitrogens with zero attached hydrogens (tertiary/aromatic N) is 2. The van der Waals surface area contributed by atoms with Crippen LogP contribution in [0.3, 0.4) is 0 Å². The van der Waals surface area contributed by atoms with Gasteiger partial charge in [-0.3, -0.25) is 10.1 Å². The average molecular weight is 358 g/mol. The number of hydrogen-bond acceptors (Lipinski definition) is 5. The molecule has 0 radical (unpaired) electrons. The van der Waals surface area contributed by atoms with Crippen molar-refractivity contribution in [1.82, 2.24) is 0 Å². The Balaban J connectivity index is 1.61. The Labute approximate surface area is 152 Å². The van der Waals surface area contributed by atoms with E-state index in [1.165, 1.54) is 4.90 Å². The van der Waals surface area contributed by atoms with E-state index in [-0.39, 0.29) is 10.6 Å². The van der Waals surface area contributed by atoms with Crippen molar-refractivity contribution in [2.75, 3.05) is 45.3 Å². The summed E-state index contributed by atoms with van der Waals surface area (Å²) in [6, 6.07) is 12.7. The number of piperazine rings is 1. The van der Waals surface area contributed by atoms with Crippen molar-refractivity contribution in [2.45, 2.75) is 6.54 Å². The molecule has 2 aromatic rings. The van der Waals surface area contributed by atoms with Crippen molar-refractivity contribution in [3.05, 3.63) is 58.1 Å². The van der Waals surface area contributed by atoms with Gasteiger partial charge in [0, 0.05) is 17.8 Å². The lowest BCUT2D eigenvalue weighted by atomic mass is 10.1. The summed E-state index contributed by atoms with van der Waals surface area (Å²) in [5, 5.41) is 10.8. The van der Waals surface area contributed by atoms with E-state index in [1.54, 1.807) is 26.4 Å². The molecule has 0 spiro atoms. The molecule has 26 heavy (non-hydrogen) atoms. The molecule has 2 aromatic carbocycles. The van der Waals surface area contributed by atoms with Gasteiger partial charge >= 0.3 is 0 Å². The fourth-order valence-electron chi connectivity index (χ4n) is 3.33. The minimum Gasteiger partial charge on any atom is -0.497 e. The van der Waals surface area contributed by atoms with Crippen molar-refractivity contribution in [1.29, 1.82) is 0 Å². The number of benzene rings is 2. The van der Waals surface area contributed by atoms with Crippen LogP contribution >= 0.6 is 0 Å². The molecule has 7 heteroatoms. The van der Waals surface area contributed by atoms with Crippen LogP contribution in [0.4, 0.5) is 11.4 Å². The molecule has 1 N–H and O–H groups in total. The standard InChI is InChI=1S/C19H23N3O4/c1-25-18-7-8-19(26-2)15(13-18)14-20-9-11-21(12-10-20)16-3-5-17(6-4-16)22(23)24/h3-8,13H,9-12,14H2,1-2H3/p+1. The zero-order chi connectivity index (χ0) is 18.5. The molecule has 0 aromatic heterocycles. The second-order valence-corrected chi connectivity index (χ2v) is 6.37. The lowest BCUT2D eigenvalue weighted by Crippen LogP contribution is -3.13. The van der Waals surface area contributed by atoms with Crippen molar-refractivity contribution in [3.63, 3.8) is 0 Å². The highest BCUT2D eigenvalue weighted by molar-refractivity contribution is 5.51. The van der Waals surface area contributed by atoms with E-state index in [0.717, 1.165) is 55.5 Å². The molecule has 0 aliphatic carbocycles. The van der Waals surface area contributed by atoms with Gasteiger partial charge in [0.05, 0.1) is 50.9 Å². The molecule has 1 fully saturated rings. The van der Waals surface area contributed by atoms with Crippen molar-refractivity contribution in [2.24, 2.45) is 0 Å². The third-order valence-electron chi connectivity index (χ3n) is 4.82. The van der Waals surface area contributed by atoms with E-state index in [2.05, 4.69) is 4.90 Å². The molecule has 1 heterocycles. The summed E-state index contributed by atoms with van der Waals surface area (Å²) in [4.78, 5) is 14.2. The number of methoxy groups -OCH3 is 2. The summed E-state index contributed by atoms with van der Waals surface area (Å²) in [6.07, 6.45) is 0. The van der Waals surface area contributed by atoms with Gasteiger partial charge in [-0.25, -0.2) is 0 Å². The van der Waals surface area contributed by atoms with Crippen molar-refractivity contribution >= 4 is 11.4 Å². The number of nitro groups is 1. The number of rotatable bonds is 6. The Morgan fingerprint density at radius 3 is 2.35 bits per heavy atom. The lowest BCUT2D eigenvalue weighted by Gasteiger charge is -2.33. The van der Waals surface area contributed by atoms with Gasteiger partial charge in [0.15, 0.2) is 0 Å². The fraction of sp³-hybridized carbons (Fsp3) is 0.368. The van der Waals surface area contributed by atoms with Crippen molar-refractivity contribution in [3.8, 4) is 11.5 Å². The topological polar surface area (TPSA) is 69.3 Å². The van der Waals surface area contributed by atoms with E-state index < -0.39 is 0 Å². The SMILES string of the molecule is COc1ccc(OC)c(C[NH+]2CCN(c3ccc([N+](=O)[O-])cc3)CC2)c1. The van der Waals surface area contributed by atoms with E-state index in [0.29, 0.717) is 0 Å². The van der Waals surface area contributed by atoms with Crippen LogP contribution in [-0.2, 0) is 6.54 Å². The van der Waals surface area contributed by atoms with Gasteiger partial charge in [0.1, 0.15) is 18.0 Å². The first kappa shape index (κ1) is 18.0. The number of quaternary nitrogens is 1. The number of nitrogens with one attached hydrogen (secondary N) is 1. The Bertz CT molecular complexity index is 756. The van der Waals surface area contributed by atoms with Crippen molar-refractivity contribution < 1.29 is 19.3 Å². The molecule has 1 aliphatic rings. The second-order valence-electron chi connectivity index (χ2n) is 6.37. The number of non-ortho nitro benzene ring substituents is 1. The quantitative estimate of drug-likeness (QED) is 0.626. The van der Waals surface area contributed by atoms with Gasteiger partial charge in [-0.2, -0.15) is 0 Å². The van der Waals surface area contributed by atoms with Crippen LogP contribution in [0.25, 0.3) is 0 Å². The third kappa shape index (κ3) is 4.05. The molecule has 138 valence electrons. The molecular weight excluding hydrogens is 334 g/mol. The lowest BCUT2D eigenvalue weighted by molar-refractivity contribution is -0.914. The summed E-state index contributed by atoms with van der Waals surface area (Å²) in [5.41, 5.74) is 2.31. The summed E-state index contributed by atoms with van der Waals surface area (Å²) >= 11 is 0. The van der Waals surface area contributed by atoms with Crippen LogP contribution in [0, 0.1) is 10.1 Å². The monoisotopic (exact) mass is 358 g/mol. The minimum absolute atomic E-state index is 0.128. The third-order valence-corrected chi connectivity index (χ3v) is 4.82. The summed E-state index contributed by atoms with van der Waals surface area (Å²) in [5.74, 6) is 1.72. The van der Waals surface area contributed by atoms with Crippen LogP contribution in [0.1, 0.15) is 5.56 Å². The Morgan fingerprint density at radius 1 is 1.08 bits per heavy atom. The molecule has 0 atom stereocenters. The van der Waals surface area contributed by atoms with Gasteiger partial charge < -0.3 is 19.3 Å². The molecule has 7 nitrogen and oxygen atoms in total. The van der Waals surface area contributed by atoms with Crippen LogP contribution in [0.2, 0.25) is 0 Å². The van der Waals surface area contributed by atoms with Gasteiger partial charge in [-0.15, -0.1) is 0 Å². The predicted octanol–water partition coefficient (Wildman–Crippen LogP) is 1.52. The van der Waals surface area contributed by atoms with Crippen LogP contribution in [0.5, 0.6) is 11.5 Å². The Kier molecular flexibility index (Phi) is 5.58. The predicted molar refractivity (Wildman–Crippen MR) is 99.3 cm³/mol. The van der Waals surface area contributed by atoms with Crippen LogP contribution in [-0.4, -0.2) is 45.3 Å². The smallest absolute Gasteiger partial charge is 0.269 e. The number of nitro benzene ring substituents is 1. The van der Waals surface area contributed by atoms with Crippen LogP contribution < -0.4 is 19.3 Å². The zero-order valence-corrected chi connectivity index (χ0v) is 15.1.